The number of hydrogen-bond acceptors (Lipinski definition) is 5. The van der Waals surface area contributed by atoms with Crippen molar-refractivity contribution in [3.8, 4) is 5.75 Å². The molecule has 7 nitrogen and oxygen atoms in total. The number of nitrogens with one attached hydrogen (secondary N) is 1. The fourth-order valence-corrected chi connectivity index (χ4v) is 3.28. The van der Waals surface area contributed by atoms with Gasteiger partial charge in [-0.15, -0.1) is 0 Å². The molecule has 1 aromatic heterocycles. The van der Waals surface area contributed by atoms with E-state index < -0.39 is 6.10 Å². The minimum Gasteiger partial charge on any atom is -0.491 e. The van der Waals surface area contributed by atoms with Gasteiger partial charge in [0.05, 0.1) is 11.0 Å². The number of methoxy groups -OCH3 is 1. The van der Waals surface area contributed by atoms with E-state index >= 15 is 0 Å². The number of hydrogen-bond donors (Lipinski definition) is 2. The molecule has 0 aliphatic carbocycles. The van der Waals surface area contributed by atoms with Crippen LogP contribution in [0.15, 0.2) is 47.3 Å². The number of aryl methyl sites for hydroxylation is 2. The van der Waals surface area contributed by atoms with Gasteiger partial charge in [0.1, 0.15) is 18.5 Å². The molecule has 1 atom stereocenters. The second-order valence-electron chi connectivity index (χ2n) is 7.14. The average Bonchev–Trinajstić information content (AvgIpc) is 2.96. The molecule has 0 saturated heterocycles. The van der Waals surface area contributed by atoms with Crippen molar-refractivity contribution in [1.29, 1.82) is 0 Å². The maximum absolute atomic E-state index is 12.0. The molecule has 2 N–H and O–H groups in total. The van der Waals surface area contributed by atoms with Gasteiger partial charge in [-0.05, 0) is 48.4 Å². The Morgan fingerprint density at radius 3 is 2.52 bits per heavy atom. The quantitative estimate of drug-likeness (QED) is 0.511. The van der Waals surface area contributed by atoms with Crippen LogP contribution in [0.2, 0.25) is 0 Å². The van der Waals surface area contributed by atoms with E-state index in [1.807, 2.05) is 42.5 Å². The summed E-state index contributed by atoms with van der Waals surface area (Å²) in [5.41, 5.74) is 3.43. The van der Waals surface area contributed by atoms with Crippen molar-refractivity contribution < 1.29 is 14.6 Å². The second kappa shape index (κ2) is 9.73. The van der Waals surface area contributed by atoms with Gasteiger partial charge >= 0.3 is 5.69 Å². The Hall–Kier alpha value is -2.61. The third-order valence-corrected chi connectivity index (χ3v) is 5.04. The molecule has 156 valence electrons. The van der Waals surface area contributed by atoms with Crippen molar-refractivity contribution in [2.45, 2.75) is 19.1 Å². The monoisotopic (exact) mass is 399 g/mol. The summed E-state index contributed by atoms with van der Waals surface area (Å²) in [6, 6.07) is 13.3. The summed E-state index contributed by atoms with van der Waals surface area (Å²) >= 11 is 0. The second-order valence-corrected chi connectivity index (χ2v) is 7.14. The molecule has 0 aliphatic rings. The molecule has 3 aromatic rings. The Balaban J connectivity index is 1.55. The van der Waals surface area contributed by atoms with E-state index in [-0.39, 0.29) is 12.3 Å². The number of fused-ring (bicyclic) bond motifs is 1. The van der Waals surface area contributed by atoms with Gasteiger partial charge in [-0.2, -0.15) is 0 Å². The smallest absolute Gasteiger partial charge is 0.328 e. The van der Waals surface area contributed by atoms with Gasteiger partial charge in [0.2, 0.25) is 0 Å². The highest BCUT2D eigenvalue weighted by molar-refractivity contribution is 5.76. The molecular formula is C22H29N3O4. The first-order valence-corrected chi connectivity index (χ1v) is 9.76. The van der Waals surface area contributed by atoms with Crippen LogP contribution < -0.4 is 15.7 Å². The van der Waals surface area contributed by atoms with Gasteiger partial charge in [0.15, 0.2) is 0 Å². The molecule has 0 unspecified atom stereocenters. The number of benzene rings is 2. The Morgan fingerprint density at radius 1 is 1.07 bits per heavy atom. The topological polar surface area (TPSA) is 77.7 Å². The number of rotatable bonds is 10. The Labute approximate surface area is 170 Å². The Bertz CT molecular complexity index is 992. The van der Waals surface area contributed by atoms with E-state index in [1.165, 1.54) is 5.56 Å². The number of imidazole rings is 1. The summed E-state index contributed by atoms with van der Waals surface area (Å²) < 4.78 is 13.9. The fourth-order valence-electron chi connectivity index (χ4n) is 3.28. The van der Waals surface area contributed by atoms with Gasteiger partial charge in [-0.3, -0.25) is 9.13 Å². The number of aliphatic hydroxyl groups excluding tert-OH is 1. The number of aliphatic hydroxyl groups is 1. The van der Waals surface area contributed by atoms with Gasteiger partial charge < -0.3 is 19.9 Å². The highest BCUT2D eigenvalue weighted by Crippen LogP contribution is 2.21. The van der Waals surface area contributed by atoms with E-state index in [0.29, 0.717) is 5.75 Å². The van der Waals surface area contributed by atoms with Crippen LogP contribution in [-0.2, 0) is 25.4 Å². The molecule has 29 heavy (non-hydrogen) atoms. The summed E-state index contributed by atoms with van der Waals surface area (Å²) in [6.45, 7) is 2.61. The van der Waals surface area contributed by atoms with Gasteiger partial charge in [-0.25, -0.2) is 4.79 Å². The summed E-state index contributed by atoms with van der Waals surface area (Å²) in [5, 5.41) is 13.9. The zero-order valence-corrected chi connectivity index (χ0v) is 17.2. The number of nitrogens with zero attached hydrogens (tertiary/aromatic N) is 2. The predicted octanol–water partition coefficient (Wildman–Crippen LogP) is 2.12. The highest BCUT2D eigenvalue weighted by Gasteiger charge is 2.13. The largest absolute Gasteiger partial charge is 0.491 e. The maximum atomic E-state index is 12.0. The molecule has 0 radical (unpaired) electrons. The van der Waals surface area contributed by atoms with Crippen LogP contribution in [0.25, 0.3) is 11.0 Å². The summed E-state index contributed by atoms with van der Waals surface area (Å²) in [6.07, 6.45) is 0.204. The molecule has 0 amide bonds. The molecule has 0 bridgehead atoms. The molecule has 7 heteroatoms. The first-order valence-electron chi connectivity index (χ1n) is 9.76. The van der Waals surface area contributed by atoms with Gasteiger partial charge in [0.25, 0.3) is 0 Å². The van der Waals surface area contributed by atoms with Crippen molar-refractivity contribution in [1.82, 2.24) is 14.5 Å². The van der Waals surface area contributed by atoms with E-state index in [4.69, 9.17) is 9.47 Å². The minimum atomic E-state index is -0.781. The molecule has 0 saturated carbocycles. The highest BCUT2D eigenvalue weighted by atomic mass is 16.5. The van der Waals surface area contributed by atoms with Crippen molar-refractivity contribution in [2.75, 3.05) is 26.9 Å². The lowest BCUT2D eigenvalue weighted by atomic mass is 10.1. The summed E-state index contributed by atoms with van der Waals surface area (Å²) in [7, 11) is 5.17. The molecular weight excluding hydrogens is 370 g/mol. The van der Waals surface area contributed by atoms with Crippen LogP contribution in [0, 0.1) is 0 Å². The maximum Gasteiger partial charge on any atom is 0.328 e. The first-order chi connectivity index (χ1) is 14.0. The SMILES string of the molecule is COCCCNCc1ccc(OC[C@@H](O)c2ccc3c(c2)n(C)c(=O)n3C)cc1. The minimum absolute atomic E-state index is 0.0869. The van der Waals surface area contributed by atoms with Gasteiger partial charge in [0, 0.05) is 34.4 Å². The van der Waals surface area contributed by atoms with E-state index in [1.54, 1.807) is 30.3 Å². The van der Waals surface area contributed by atoms with Crippen LogP contribution in [0.5, 0.6) is 5.75 Å². The number of aromatic nitrogens is 2. The van der Waals surface area contributed by atoms with Crippen LogP contribution >= 0.6 is 0 Å². The lowest BCUT2D eigenvalue weighted by Gasteiger charge is -2.13. The Kier molecular flexibility index (Phi) is 7.09. The predicted molar refractivity (Wildman–Crippen MR) is 113 cm³/mol. The lowest BCUT2D eigenvalue weighted by molar-refractivity contribution is 0.108. The molecule has 0 fully saturated rings. The average molecular weight is 399 g/mol. The van der Waals surface area contributed by atoms with Crippen molar-refractivity contribution in [3.05, 3.63) is 64.1 Å². The van der Waals surface area contributed by atoms with Gasteiger partial charge in [-0.1, -0.05) is 18.2 Å². The lowest BCUT2D eigenvalue weighted by Crippen LogP contribution is -2.19. The van der Waals surface area contributed by atoms with Crippen LogP contribution in [0.1, 0.15) is 23.7 Å². The van der Waals surface area contributed by atoms with Crippen molar-refractivity contribution in [2.24, 2.45) is 14.1 Å². The van der Waals surface area contributed by atoms with Crippen LogP contribution in [-0.4, -0.2) is 41.1 Å². The normalized spacial score (nSPS) is 12.4. The standard InChI is InChI=1S/C22H29N3O4/c1-24-19-10-7-17(13-20(19)25(2)22(24)27)21(26)15-29-18-8-5-16(6-9-18)14-23-11-4-12-28-3/h5-10,13,21,23,26H,4,11-12,14-15H2,1-3H3/t21-/m1/s1. The Morgan fingerprint density at radius 2 is 1.79 bits per heavy atom. The molecule has 3 rings (SSSR count). The first kappa shape index (κ1) is 21.1. The molecule has 0 spiro atoms. The van der Waals surface area contributed by atoms with E-state index in [0.717, 1.165) is 42.7 Å². The van der Waals surface area contributed by atoms with E-state index in [9.17, 15) is 9.90 Å². The summed E-state index contributed by atoms with van der Waals surface area (Å²) in [4.78, 5) is 12.0. The third-order valence-electron chi connectivity index (χ3n) is 5.04. The zero-order valence-electron chi connectivity index (χ0n) is 17.2. The summed E-state index contributed by atoms with van der Waals surface area (Å²) in [5.74, 6) is 0.709. The third kappa shape index (κ3) is 5.06. The number of ether oxygens (including phenoxy) is 2. The fraction of sp³-hybridized carbons (Fsp3) is 0.409. The van der Waals surface area contributed by atoms with Crippen molar-refractivity contribution >= 4 is 11.0 Å². The zero-order chi connectivity index (χ0) is 20.8. The molecule has 1 heterocycles. The molecule has 0 aliphatic heterocycles. The van der Waals surface area contributed by atoms with Crippen LogP contribution in [0.4, 0.5) is 0 Å². The van der Waals surface area contributed by atoms with Crippen LogP contribution in [0.3, 0.4) is 0 Å². The molecule has 2 aromatic carbocycles. The van der Waals surface area contributed by atoms with E-state index in [2.05, 4.69) is 5.32 Å². The van der Waals surface area contributed by atoms with Crippen molar-refractivity contribution in [3.63, 3.8) is 0 Å².